The molecule has 3 heteroatoms. The average Bonchev–Trinajstić information content (AvgIpc) is 2.70. The molecular formula is C24H25NO2. The van der Waals surface area contributed by atoms with Crippen LogP contribution in [0.25, 0.3) is 0 Å². The number of hydrogen-bond donors (Lipinski definition) is 1. The molecule has 0 bridgehead atoms. The normalized spacial score (nSPS) is 11.8. The zero-order chi connectivity index (χ0) is 19.1. The minimum atomic E-state index is -0.403. The first kappa shape index (κ1) is 18.9. The van der Waals surface area contributed by atoms with Gasteiger partial charge in [-0.3, -0.25) is 4.79 Å². The standard InChI is InChI=1S/C24H25NO2/c1-18-10-9-15-22(19(18)2)24(26)25-23(16-20-11-5-3-6-12-20)27-17-21-13-7-4-8-14-21/h3-15,23H,16-17H2,1-2H3,(H,25,26). The maximum atomic E-state index is 12.8. The molecule has 138 valence electrons. The van der Waals surface area contributed by atoms with Gasteiger partial charge in [0.25, 0.3) is 5.91 Å². The van der Waals surface area contributed by atoms with Gasteiger partial charge in [-0.1, -0.05) is 72.8 Å². The van der Waals surface area contributed by atoms with Gasteiger partial charge in [0.2, 0.25) is 0 Å². The van der Waals surface area contributed by atoms with Crippen LogP contribution in [0.2, 0.25) is 0 Å². The van der Waals surface area contributed by atoms with E-state index in [2.05, 4.69) is 5.32 Å². The summed E-state index contributed by atoms with van der Waals surface area (Å²) in [6.45, 7) is 4.44. The van der Waals surface area contributed by atoms with Crippen LogP contribution in [0, 0.1) is 13.8 Å². The summed E-state index contributed by atoms with van der Waals surface area (Å²) >= 11 is 0. The Balaban J connectivity index is 1.74. The highest BCUT2D eigenvalue weighted by Crippen LogP contribution is 2.14. The molecule has 1 N–H and O–H groups in total. The lowest BCUT2D eigenvalue weighted by Crippen LogP contribution is -2.38. The third-order valence-corrected chi connectivity index (χ3v) is 4.70. The highest BCUT2D eigenvalue weighted by atomic mass is 16.5. The quantitative estimate of drug-likeness (QED) is 0.614. The molecule has 0 aromatic heterocycles. The SMILES string of the molecule is Cc1cccc(C(=O)NC(Cc2ccccc2)OCc2ccccc2)c1C. The molecule has 3 rings (SSSR count). The fourth-order valence-corrected chi connectivity index (χ4v) is 2.97. The highest BCUT2D eigenvalue weighted by molar-refractivity contribution is 5.96. The Morgan fingerprint density at radius 2 is 1.48 bits per heavy atom. The zero-order valence-electron chi connectivity index (χ0n) is 15.8. The summed E-state index contributed by atoms with van der Waals surface area (Å²) in [6, 6.07) is 25.8. The Hall–Kier alpha value is -2.91. The lowest BCUT2D eigenvalue weighted by molar-refractivity contribution is 0.0179. The van der Waals surface area contributed by atoms with E-state index in [0.29, 0.717) is 18.6 Å². The van der Waals surface area contributed by atoms with Crippen LogP contribution < -0.4 is 5.32 Å². The van der Waals surface area contributed by atoms with Gasteiger partial charge >= 0.3 is 0 Å². The summed E-state index contributed by atoms with van der Waals surface area (Å²) < 4.78 is 6.06. The third kappa shape index (κ3) is 5.28. The molecule has 0 saturated heterocycles. The molecule has 3 aromatic rings. The van der Waals surface area contributed by atoms with Crippen molar-refractivity contribution < 1.29 is 9.53 Å². The molecule has 0 heterocycles. The number of benzene rings is 3. The number of carbonyl (C=O) groups is 1. The molecule has 0 spiro atoms. The average molecular weight is 359 g/mol. The maximum Gasteiger partial charge on any atom is 0.253 e. The molecule has 3 aromatic carbocycles. The van der Waals surface area contributed by atoms with Gasteiger partial charge < -0.3 is 10.1 Å². The van der Waals surface area contributed by atoms with Gasteiger partial charge in [-0.15, -0.1) is 0 Å². The molecule has 1 amide bonds. The summed E-state index contributed by atoms with van der Waals surface area (Å²) in [7, 11) is 0. The van der Waals surface area contributed by atoms with Gasteiger partial charge in [0.15, 0.2) is 0 Å². The van der Waals surface area contributed by atoms with Gasteiger partial charge in [-0.25, -0.2) is 0 Å². The molecule has 0 saturated carbocycles. The van der Waals surface area contributed by atoms with Gasteiger partial charge in [0, 0.05) is 12.0 Å². The number of aryl methyl sites for hydroxylation is 1. The summed E-state index contributed by atoms with van der Waals surface area (Å²) in [4.78, 5) is 12.8. The van der Waals surface area contributed by atoms with Crippen molar-refractivity contribution in [2.75, 3.05) is 0 Å². The van der Waals surface area contributed by atoms with Gasteiger partial charge in [0.05, 0.1) is 6.61 Å². The lowest BCUT2D eigenvalue weighted by Gasteiger charge is -2.21. The van der Waals surface area contributed by atoms with E-state index in [1.165, 1.54) is 0 Å². The van der Waals surface area contributed by atoms with Gasteiger partial charge in [-0.05, 0) is 42.2 Å². The number of carbonyl (C=O) groups excluding carboxylic acids is 1. The first-order valence-electron chi connectivity index (χ1n) is 9.20. The monoisotopic (exact) mass is 359 g/mol. The lowest BCUT2D eigenvalue weighted by atomic mass is 10.0. The highest BCUT2D eigenvalue weighted by Gasteiger charge is 2.17. The van der Waals surface area contributed by atoms with Crippen molar-refractivity contribution in [3.8, 4) is 0 Å². The van der Waals surface area contributed by atoms with Gasteiger partial charge in [0.1, 0.15) is 6.23 Å². The molecular weight excluding hydrogens is 334 g/mol. The van der Waals surface area contributed by atoms with Crippen LogP contribution in [0.4, 0.5) is 0 Å². The van der Waals surface area contributed by atoms with Crippen LogP contribution in [-0.4, -0.2) is 12.1 Å². The van der Waals surface area contributed by atoms with E-state index in [0.717, 1.165) is 22.3 Å². The predicted octanol–water partition coefficient (Wildman–Crippen LogP) is 4.82. The smallest absolute Gasteiger partial charge is 0.253 e. The fourth-order valence-electron chi connectivity index (χ4n) is 2.97. The van der Waals surface area contributed by atoms with Crippen LogP contribution in [0.3, 0.4) is 0 Å². The molecule has 0 fully saturated rings. The van der Waals surface area contributed by atoms with Crippen LogP contribution in [0.1, 0.15) is 32.6 Å². The second-order valence-corrected chi connectivity index (χ2v) is 6.70. The van der Waals surface area contributed by atoms with Crippen LogP contribution in [0.15, 0.2) is 78.9 Å². The van der Waals surface area contributed by atoms with Crippen LogP contribution >= 0.6 is 0 Å². The van der Waals surface area contributed by atoms with E-state index >= 15 is 0 Å². The second kappa shape index (κ2) is 9.15. The largest absolute Gasteiger partial charge is 0.353 e. The summed E-state index contributed by atoms with van der Waals surface area (Å²) in [5.41, 5.74) is 4.99. The van der Waals surface area contributed by atoms with Crippen LogP contribution in [0.5, 0.6) is 0 Å². The van der Waals surface area contributed by atoms with Crippen molar-refractivity contribution in [1.29, 1.82) is 0 Å². The van der Waals surface area contributed by atoms with Crippen molar-refractivity contribution in [3.05, 3.63) is 107 Å². The first-order valence-corrected chi connectivity index (χ1v) is 9.20. The predicted molar refractivity (Wildman–Crippen MR) is 109 cm³/mol. The molecule has 0 radical (unpaired) electrons. The Morgan fingerprint density at radius 3 is 2.15 bits per heavy atom. The first-order chi connectivity index (χ1) is 13.1. The maximum absolute atomic E-state index is 12.8. The summed E-state index contributed by atoms with van der Waals surface area (Å²) in [5, 5.41) is 3.06. The molecule has 3 nitrogen and oxygen atoms in total. The van der Waals surface area contributed by atoms with Crippen LogP contribution in [-0.2, 0) is 17.8 Å². The number of nitrogens with one attached hydrogen (secondary N) is 1. The number of hydrogen-bond acceptors (Lipinski definition) is 2. The van der Waals surface area contributed by atoms with Gasteiger partial charge in [-0.2, -0.15) is 0 Å². The fraction of sp³-hybridized carbons (Fsp3) is 0.208. The van der Waals surface area contributed by atoms with E-state index in [4.69, 9.17) is 4.74 Å². The Bertz CT molecular complexity index is 875. The van der Waals surface area contributed by atoms with E-state index < -0.39 is 6.23 Å². The van der Waals surface area contributed by atoms with E-state index in [1.807, 2.05) is 92.7 Å². The molecule has 1 unspecified atom stereocenters. The Morgan fingerprint density at radius 1 is 0.852 bits per heavy atom. The zero-order valence-corrected chi connectivity index (χ0v) is 15.8. The molecule has 0 aliphatic heterocycles. The number of rotatable bonds is 7. The minimum Gasteiger partial charge on any atom is -0.353 e. The molecule has 1 atom stereocenters. The van der Waals surface area contributed by atoms with E-state index in [1.54, 1.807) is 0 Å². The number of ether oxygens (including phenoxy) is 1. The molecule has 27 heavy (non-hydrogen) atoms. The third-order valence-electron chi connectivity index (χ3n) is 4.70. The van der Waals surface area contributed by atoms with Crippen molar-refractivity contribution >= 4 is 5.91 Å². The van der Waals surface area contributed by atoms with Crippen molar-refractivity contribution in [1.82, 2.24) is 5.32 Å². The molecule has 0 aliphatic carbocycles. The Kier molecular flexibility index (Phi) is 6.39. The minimum absolute atomic E-state index is 0.106. The second-order valence-electron chi connectivity index (χ2n) is 6.70. The molecule has 0 aliphatic rings. The van der Waals surface area contributed by atoms with Crippen molar-refractivity contribution in [2.24, 2.45) is 0 Å². The topological polar surface area (TPSA) is 38.3 Å². The Labute approximate surface area is 161 Å². The van der Waals surface area contributed by atoms with E-state index in [9.17, 15) is 4.79 Å². The van der Waals surface area contributed by atoms with Crippen molar-refractivity contribution in [2.45, 2.75) is 33.1 Å². The van der Waals surface area contributed by atoms with Crippen molar-refractivity contribution in [3.63, 3.8) is 0 Å². The summed E-state index contributed by atoms with van der Waals surface area (Å²) in [6.07, 6.45) is 0.213. The van der Waals surface area contributed by atoms with E-state index in [-0.39, 0.29) is 5.91 Å². The number of amides is 1. The summed E-state index contributed by atoms with van der Waals surface area (Å²) in [5.74, 6) is -0.106.